The Morgan fingerprint density at radius 3 is 2.38 bits per heavy atom. The molecule has 0 saturated heterocycles. The van der Waals surface area contributed by atoms with Gasteiger partial charge in [0.15, 0.2) is 0 Å². The maximum absolute atomic E-state index is 13.3. The number of halogens is 1. The highest BCUT2D eigenvalue weighted by Crippen LogP contribution is 2.23. The average molecular weight is 523 g/mol. The number of rotatable bonds is 9. The third kappa shape index (κ3) is 6.39. The van der Waals surface area contributed by atoms with Gasteiger partial charge < -0.3 is 15.2 Å². The first-order valence-corrected chi connectivity index (χ1v) is 11.6. The van der Waals surface area contributed by atoms with Gasteiger partial charge in [0.25, 0.3) is 0 Å². The standard InChI is InChI=1S/C25H23ClN6O5/c1-15-3-5-17(6-4-15)14-31-23(30-24(35)32(25(31)36)13-16(2)22(33)34)29-18-7-9-19(10-8-18)37-21-12-27-20(26)11-28-21/h3-12,16H,13-14H2,1-2H3,(H,33,34)(H,29,30,35)/t16-/m0/s1. The molecule has 4 aromatic rings. The molecule has 1 atom stereocenters. The molecule has 0 unspecified atom stereocenters. The first kappa shape index (κ1) is 25.6. The number of ether oxygens (including phenoxy) is 1. The number of nitrogens with one attached hydrogen (secondary N) is 1. The molecule has 0 fully saturated rings. The third-order valence-corrected chi connectivity index (χ3v) is 5.61. The quantitative estimate of drug-likeness (QED) is 0.338. The van der Waals surface area contributed by atoms with E-state index in [9.17, 15) is 19.5 Å². The van der Waals surface area contributed by atoms with Gasteiger partial charge in [-0.05, 0) is 36.8 Å². The summed E-state index contributed by atoms with van der Waals surface area (Å²) in [6.45, 7) is 3.19. The highest BCUT2D eigenvalue weighted by Gasteiger charge is 2.19. The molecule has 37 heavy (non-hydrogen) atoms. The van der Waals surface area contributed by atoms with E-state index in [1.807, 2.05) is 31.2 Å². The van der Waals surface area contributed by atoms with Gasteiger partial charge in [0, 0.05) is 12.2 Å². The fourth-order valence-corrected chi connectivity index (χ4v) is 3.46. The van der Waals surface area contributed by atoms with Crippen molar-refractivity contribution >= 4 is 29.2 Å². The minimum atomic E-state index is -1.12. The Morgan fingerprint density at radius 2 is 1.76 bits per heavy atom. The van der Waals surface area contributed by atoms with E-state index in [1.54, 1.807) is 24.3 Å². The van der Waals surface area contributed by atoms with Crippen LogP contribution in [0.15, 0.2) is 70.5 Å². The molecule has 0 saturated carbocycles. The fourth-order valence-electron chi connectivity index (χ4n) is 3.36. The van der Waals surface area contributed by atoms with Crippen LogP contribution in [0.3, 0.4) is 0 Å². The number of aryl methyl sites for hydroxylation is 1. The van der Waals surface area contributed by atoms with Crippen LogP contribution in [0.5, 0.6) is 11.6 Å². The van der Waals surface area contributed by atoms with Crippen LogP contribution in [0.1, 0.15) is 18.1 Å². The number of carboxylic acids is 1. The van der Waals surface area contributed by atoms with Crippen molar-refractivity contribution in [3.8, 4) is 11.6 Å². The molecule has 0 aliphatic rings. The molecule has 2 N–H and O–H groups in total. The lowest BCUT2D eigenvalue weighted by Gasteiger charge is -2.17. The molecule has 2 aromatic heterocycles. The van der Waals surface area contributed by atoms with Crippen LogP contribution in [0.2, 0.25) is 5.15 Å². The topological polar surface area (TPSA) is 141 Å². The van der Waals surface area contributed by atoms with Gasteiger partial charge in [-0.25, -0.2) is 24.1 Å². The zero-order valence-corrected chi connectivity index (χ0v) is 20.7. The predicted octanol–water partition coefficient (Wildman–Crippen LogP) is 3.46. The number of hydrogen-bond donors (Lipinski definition) is 2. The average Bonchev–Trinajstić information content (AvgIpc) is 2.87. The van der Waals surface area contributed by atoms with E-state index < -0.39 is 23.3 Å². The number of anilines is 2. The van der Waals surface area contributed by atoms with Gasteiger partial charge in [-0.1, -0.05) is 48.4 Å². The van der Waals surface area contributed by atoms with Crippen LogP contribution in [0.25, 0.3) is 0 Å². The Hall–Kier alpha value is -4.51. The second-order valence-corrected chi connectivity index (χ2v) is 8.74. The lowest BCUT2D eigenvalue weighted by Crippen LogP contribution is -2.44. The number of nitrogens with zero attached hydrogens (tertiary/aromatic N) is 5. The lowest BCUT2D eigenvalue weighted by molar-refractivity contribution is -0.141. The maximum atomic E-state index is 13.3. The van der Waals surface area contributed by atoms with Crippen molar-refractivity contribution in [3.63, 3.8) is 0 Å². The Bertz CT molecular complexity index is 1520. The summed E-state index contributed by atoms with van der Waals surface area (Å²) in [5.41, 5.74) is 0.885. The van der Waals surface area contributed by atoms with E-state index in [-0.39, 0.29) is 30.1 Å². The number of hydrogen-bond acceptors (Lipinski definition) is 8. The smallest absolute Gasteiger partial charge is 0.354 e. The van der Waals surface area contributed by atoms with Crippen LogP contribution in [-0.2, 0) is 17.9 Å². The van der Waals surface area contributed by atoms with Gasteiger partial charge >= 0.3 is 17.3 Å². The van der Waals surface area contributed by atoms with E-state index in [4.69, 9.17) is 16.3 Å². The van der Waals surface area contributed by atoms with E-state index >= 15 is 0 Å². The molecule has 0 aliphatic carbocycles. The molecule has 190 valence electrons. The van der Waals surface area contributed by atoms with Gasteiger partial charge in [0.2, 0.25) is 11.8 Å². The van der Waals surface area contributed by atoms with Crippen molar-refractivity contribution in [2.45, 2.75) is 26.9 Å². The number of benzene rings is 2. The highest BCUT2D eigenvalue weighted by atomic mass is 35.5. The van der Waals surface area contributed by atoms with E-state index in [0.717, 1.165) is 15.7 Å². The highest BCUT2D eigenvalue weighted by molar-refractivity contribution is 6.29. The molecule has 0 spiro atoms. The first-order chi connectivity index (χ1) is 17.7. The second kappa shape index (κ2) is 11.0. The van der Waals surface area contributed by atoms with Crippen LogP contribution >= 0.6 is 11.6 Å². The SMILES string of the molecule is Cc1ccc(Cn2c(Nc3ccc(Oc4cnc(Cl)cn4)cc3)nc(=O)n(C[C@H](C)C(=O)O)c2=O)cc1. The minimum Gasteiger partial charge on any atom is -0.481 e. The molecule has 2 heterocycles. The summed E-state index contributed by atoms with van der Waals surface area (Å²) in [5, 5.41) is 12.5. The van der Waals surface area contributed by atoms with E-state index in [2.05, 4.69) is 20.3 Å². The summed E-state index contributed by atoms with van der Waals surface area (Å²) in [5.74, 6) is -1.31. The molecule has 2 aromatic carbocycles. The Labute approximate surface area is 216 Å². The molecule has 0 amide bonds. The summed E-state index contributed by atoms with van der Waals surface area (Å²) in [6.07, 6.45) is 2.76. The molecular formula is C25H23ClN6O5. The minimum absolute atomic E-state index is 0.0204. The monoisotopic (exact) mass is 522 g/mol. The lowest BCUT2D eigenvalue weighted by atomic mass is 10.1. The summed E-state index contributed by atoms with van der Waals surface area (Å²) in [7, 11) is 0. The number of aromatic nitrogens is 5. The van der Waals surface area contributed by atoms with Crippen molar-refractivity contribution in [2.24, 2.45) is 5.92 Å². The van der Waals surface area contributed by atoms with Gasteiger partial charge in [-0.15, -0.1) is 0 Å². The maximum Gasteiger partial charge on any atom is 0.354 e. The zero-order valence-electron chi connectivity index (χ0n) is 20.0. The van der Waals surface area contributed by atoms with Crippen molar-refractivity contribution in [1.29, 1.82) is 0 Å². The van der Waals surface area contributed by atoms with Crippen molar-refractivity contribution in [1.82, 2.24) is 24.1 Å². The van der Waals surface area contributed by atoms with Crippen molar-refractivity contribution in [2.75, 3.05) is 5.32 Å². The van der Waals surface area contributed by atoms with Crippen LogP contribution in [0.4, 0.5) is 11.6 Å². The van der Waals surface area contributed by atoms with Gasteiger partial charge in [0.1, 0.15) is 10.9 Å². The summed E-state index contributed by atoms with van der Waals surface area (Å²) in [6, 6.07) is 14.2. The number of carboxylic acid groups (broad SMARTS) is 1. The van der Waals surface area contributed by atoms with Gasteiger partial charge in [-0.2, -0.15) is 4.98 Å². The molecule has 0 radical (unpaired) electrons. The molecule has 0 aliphatic heterocycles. The summed E-state index contributed by atoms with van der Waals surface area (Å²) >= 11 is 5.74. The number of aliphatic carboxylic acids is 1. The van der Waals surface area contributed by atoms with Crippen LogP contribution < -0.4 is 21.4 Å². The Kier molecular flexibility index (Phi) is 7.63. The Morgan fingerprint density at radius 1 is 1.05 bits per heavy atom. The van der Waals surface area contributed by atoms with Crippen LogP contribution in [0, 0.1) is 12.8 Å². The largest absolute Gasteiger partial charge is 0.481 e. The van der Waals surface area contributed by atoms with Crippen LogP contribution in [-0.4, -0.2) is 35.2 Å². The number of carbonyl (C=O) groups is 1. The zero-order chi connectivity index (χ0) is 26.5. The third-order valence-electron chi connectivity index (χ3n) is 5.42. The Balaban J connectivity index is 1.65. The summed E-state index contributed by atoms with van der Waals surface area (Å²) < 4.78 is 7.76. The first-order valence-electron chi connectivity index (χ1n) is 11.2. The second-order valence-electron chi connectivity index (χ2n) is 8.35. The molecular weight excluding hydrogens is 500 g/mol. The molecule has 4 rings (SSSR count). The van der Waals surface area contributed by atoms with E-state index in [0.29, 0.717) is 11.4 Å². The predicted molar refractivity (Wildman–Crippen MR) is 137 cm³/mol. The normalized spacial score (nSPS) is 11.6. The van der Waals surface area contributed by atoms with Crippen molar-refractivity contribution in [3.05, 3.63) is 98.2 Å². The van der Waals surface area contributed by atoms with Crippen molar-refractivity contribution < 1.29 is 14.6 Å². The molecule has 11 nitrogen and oxygen atoms in total. The molecule has 12 heteroatoms. The van der Waals surface area contributed by atoms with Gasteiger partial charge in [-0.3, -0.25) is 9.36 Å². The van der Waals surface area contributed by atoms with Gasteiger partial charge in [0.05, 0.1) is 24.9 Å². The molecule has 0 bridgehead atoms. The summed E-state index contributed by atoms with van der Waals surface area (Å²) in [4.78, 5) is 49.3. The van der Waals surface area contributed by atoms with E-state index in [1.165, 1.54) is 23.9 Å². The fraction of sp³-hybridized carbons (Fsp3) is 0.200.